The van der Waals surface area contributed by atoms with Crippen LogP contribution in [0.25, 0.3) is 11.3 Å². The van der Waals surface area contributed by atoms with Crippen LogP contribution in [0.5, 0.6) is 0 Å². The first kappa shape index (κ1) is 27.0. The molecule has 1 amide bonds. The van der Waals surface area contributed by atoms with Gasteiger partial charge in [-0.1, -0.05) is 55.8 Å². The average molecular weight is 486 g/mol. The molecule has 0 radical (unpaired) electrons. The zero-order chi connectivity index (χ0) is 24.9. The number of pyridine rings is 1. The van der Waals surface area contributed by atoms with Crippen LogP contribution in [0, 0.1) is 0 Å². The highest BCUT2D eigenvalue weighted by molar-refractivity contribution is 6.29. The number of hydrogen-bond acceptors (Lipinski definition) is 6. The molecule has 9 heteroatoms. The maximum absolute atomic E-state index is 13.2. The van der Waals surface area contributed by atoms with Crippen LogP contribution in [0.2, 0.25) is 5.15 Å². The predicted octanol–water partition coefficient (Wildman–Crippen LogP) is 4.35. The van der Waals surface area contributed by atoms with E-state index in [0.717, 1.165) is 11.1 Å². The first-order valence-electron chi connectivity index (χ1n) is 11.4. The van der Waals surface area contributed by atoms with Crippen LogP contribution in [0.1, 0.15) is 33.3 Å². The summed E-state index contributed by atoms with van der Waals surface area (Å²) in [5, 5.41) is 10.9. The lowest BCUT2D eigenvalue weighted by Crippen LogP contribution is -2.45. The van der Waals surface area contributed by atoms with Crippen LogP contribution in [0.3, 0.4) is 0 Å². The summed E-state index contributed by atoms with van der Waals surface area (Å²) in [6, 6.07) is 14.3. The molecular formula is C25H32ClN5O3. The normalized spacial score (nSPS) is 11.2. The first-order valence-corrected chi connectivity index (χ1v) is 11.8. The molecule has 0 bridgehead atoms. The Hall–Kier alpha value is -3.23. The molecule has 2 N–H and O–H groups in total. The lowest BCUT2D eigenvalue weighted by atomic mass is 10.1. The fourth-order valence-electron chi connectivity index (χ4n) is 3.20. The van der Waals surface area contributed by atoms with E-state index in [0.29, 0.717) is 29.6 Å². The number of anilines is 1. The van der Waals surface area contributed by atoms with Crippen molar-refractivity contribution in [3.8, 4) is 11.3 Å². The van der Waals surface area contributed by atoms with Gasteiger partial charge in [-0.2, -0.15) is 5.10 Å². The summed E-state index contributed by atoms with van der Waals surface area (Å²) in [5.41, 5.74) is 2.44. The number of carbonyl (C=O) groups excluding carboxylic acids is 2. The Morgan fingerprint density at radius 3 is 2.50 bits per heavy atom. The highest BCUT2D eigenvalue weighted by Gasteiger charge is 2.22. The number of nitrogens with one attached hydrogen (secondary N) is 2. The van der Waals surface area contributed by atoms with Gasteiger partial charge in [0.1, 0.15) is 11.0 Å². The lowest BCUT2D eigenvalue weighted by Gasteiger charge is -2.18. The lowest BCUT2D eigenvalue weighted by molar-refractivity contribution is -0.142. The molecule has 0 spiro atoms. The summed E-state index contributed by atoms with van der Waals surface area (Å²) in [6.45, 7) is 8.46. The second-order valence-electron chi connectivity index (χ2n) is 7.02. The Balaban J connectivity index is 0.00000199. The molecule has 1 atom stereocenters. The first-order chi connectivity index (χ1) is 16.5. The summed E-state index contributed by atoms with van der Waals surface area (Å²) < 4.78 is 6.68. The predicted molar refractivity (Wildman–Crippen MR) is 135 cm³/mol. The van der Waals surface area contributed by atoms with Gasteiger partial charge in [0.15, 0.2) is 0 Å². The molecule has 0 saturated heterocycles. The molecule has 0 fully saturated rings. The average Bonchev–Trinajstić information content (AvgIpc) is 3.26. The number of halogens is 1. The Morgan fingerprint density at radius 2 is 1.85 bits per heavy atom. The molecule has 0 saturated carbocycles. The minimum Gasteiger partial charge on any atom is -0.465 e. The Bertz CT molecular complexity index is 1060. The van der Waals surface area contributed by atoms with E-state index in [4.69, 9.17) is 16.3 Å². The third-order valence-electron chi connectivity index (χ3n) is 4.75. The molecule has 8 nitrogen and oxygen atoms in total. The SMILES string of the molecule is CC.CCOC(=O)CNC(Cc1ccccc1)C(=O)Nc1cc(-c2ccnc(Cl)c2)nn1CC. The van der Waals surface area contributed by atoms with Gasteiger partial charge in [0.2, 0.25) is 5.91 Å². The van der Waals surface area contributed by atoms with Crippen molar-refractivity contribution in [3.05, 3.63) is 65.4 Å². The molecule has 1 aromatic carbocycles. The Morgan fingerprint density at radius 1 is 1.12 bits per heavy atom. The molecule has 1 unspecified atom stereocenters. The summed E-state index contributed by atoms with van der Waals surface area (Å²) in [5.74, 6) is -0.127. The number of benzene rings is 1. The van der Waals surface area contributed by atoms with E-state index in [1.807, 2.05) is 51.1 Å². The van der Waals surface area contributed by atoms with Crippen molar-refractivity contribution in [1.29, 1.82) is 0 Å². The molecule has 3 rings (SSSR count). The van der Waals surface area contributed by atoms with Crippen molar-refractivity contribution >= 4 is 29.3 Å². The van der Waals surface area contributed by atoms with Gasteiger partial charge in [-0.25, -0.2) is 9.67 Å². The van der Waals surface area contributed by atoms with E-state index in [1.165, 1.54) is 0 Å². The Kier molecular flexibility index (Phi) is 11.2. The van der Waals surface area contributed by atoms with Gasteiger partial charge < -0.3 is 10.1 Å². The van der Waals surface area contributed by atoms with Crippen LogP contribution in [0.4, 0.5) is 5.82 Å². The summed E-state index contributed by atoms with van der Waals surface area (Å²) in [7, 11) is 0. The number of carbonyl (C=O) groups is 2. The zero-order valence-corrected chi connectivity index (χ0v) is 20.8. The molecule has 2 aromatic heterocycles. The van der Waals surface area contributed by atoms with Crippen LogP contribution in [0.15, 0.2) is 54.7 Å². The fourth-order valence-corrected chi connectivity index (χ4v) is 3.37. The number of rotatable bonds is 10. The smallest absolute Gasteiger partial charge is 0.319 e. The van der Waals surface area contributed by atoms with Crippen LogP contribution < -0.4 is 10.6 Å². The van der Waals surface area contributed by atoms with Gasteiger partial charge in [0.05, 0.1) is 24.9 Å². The fraction of sp³-hybridized carbons (Fsp3) is 0.360. The maximum Gasteiger partial charge on any atom is 0.319 e. The van der Waals surface area contributed by atoms with E-state index < -0.39 is 12.0 Å². The third kappa shape index (κ3) is 7.97. The van der Waals surface area contributed by atoms with Gasteiger partial charge in [0.25, 0.3) is 0 Å². The molecular weight excluding hydrogens is 454 g/mol. The van der Waals surface area contributed by atoms with Crippen LogP contribution >= 0.6 is 11.6 Å². The largest absolute Gasteiger partial charge is 0.465 e. The standard InChI is InChI=1S/C23H26ClN5O3.C2H6/c1-3-29-21(14-18(28-29)17-10-11-25-20(24)13-17)27-23(31)19(26-15-22(30)32-4-2)12-16-8-6-5-7-9-16;1-2/h5-11,13-14,19,26H,3-4,12,15H2,1-2H3,(H,27,31);1-2H3. The van der Waals surface area contributed by atoms with Gasteiger partial charge in [-0.15, -0.1) is 0 Å². The quantitative estimate of drug-likeness (QED) is 0.327. The summed E-state index contributed by atoms with van der Waals surface area (Å²) >= 11 is 6.00. The molecule has 0 aliphatic carbocycles. The van der Waals surface area contributed by atoms with Crippen molar-refractivity contribution in [2.45, 2.75) is 46.7 Å². The molecule has 2 heterocycles. The molecule has 3 aromatic rings. The minimum atomic E-state index is -0.638. The number of esters is 1. The Labute approximate surface area is 205 Å². The second-order valence-corrected chi connectivity index (χ2v) is 7.40. The van der Waals surface area contributed by atoms with E-state index in [2.05, 4.69) is 20.7 Å². The highest BCUT2D eigenvalue weighted by Crippen LogP contribution is 2.23. The number of aromatic nitrogens is 3. The highest BCUT2D eigenvalue weighted by atomic mass is 35.5. The second kappa shape index (κ2) is 14.1. The van der Waals surface area contributed by atoms with Crippen LogP contribution in [-0.4, -0.2) is 45.8 Å². The van der Waals surface area contributed by atoms with Crippen molar-refractivity contribution in [3.63, 3.8) is 0 Å². The van der Waals surface area contributed by atoms with Gasteiger partial charge in [-0.3, -0.25) is 14.9 Å². The summed E-state index contributed by atoms with van der Waals surface area (Å²) in [6.07, 6.45) is 2.02. The molecule has 34 heavy (non-hydrogen) atoms. The van der Waals surface area contributed by atoms with Crippen LogP contribution in [-0.2, 0) is 27.3 Å². The van der Waals surface area contributed by atoms with Gasteiger partial charge in [0, 0.05) is 24.4 Å². The summed E-state index contributed by atoms with van der Waals surface area (Å²) in [4.78, 5) is 29.0. The molecule has 182 valence electrons. The van der Waals surface area contributed by atoms with Crippen molar-refractivity contribution in [1.82, 2.24) is 20.1 Å². The zero-order valence-electron chi connectivity index (χ0n) is 20.0. The monoisotopic (exact) mass is 485 g/mol. The number of hydrogen-bond donors (Lipinski definition) is 2. The number of ether oxygens (including phenoxy) is 1. The van der Waals surface area contributed by atoms with E-state index in [-0.39, 0.29) is 19.1 Å². The molecule has 0 aliphatic heterocycles. The maximum atomic E-state index is 13.2. The van der Waals surface area contributed by atoms with Crippen molar-refractivity contribution in [2.24, 2.45) is 0 Å². The van der Waals surface area contributed by atoms with Gasteiger partial charge in [-0.05, 0) is 38.0 Å². The van der Waals surface area contributed by atoms with Crippen molar-refractivity contribution in [2.75, 3.05) is 18.5 Å². The third-order valence-corrected chi connectivity index (χ3v) is 4.96. The number of aryl methyl sites for hydroxylation is 1. The van der Waals surface area contributed by atoms with E-state index in [1.54, 1.807) is 36.0 Å². The molecule has 0 aliphatic rings. The van der Waals surface area contributed by atoms with E-state index >= 15 is 0 Å². The van der Waals surface area contributed by atoms with Gasteiger partial charge >= 0.3 is 5.97 Å². The van der Waals surface area contributed by atoms with E-state index in [9.17, 15) is 9.59 Å². The number of nitrogens with zero attached hydrogens (tertiary/aromatic N) is 3. The van der Waals surface area contributed by atoms with Crippen molar-refractivity contribution < 1.29 is 14.3 Å². The minimum absolute atomic E-state index is 0.0629. The topological polar surface area (TPSA) is 98.1 Å². The number of amides is 1.